The first kappa shape index (κ1) is 17.0. The zero-order valence-electron chi connectivity index (χ0n) is 14.3. The van der Waals surface area contributed by atoms with Crippen LogP contribution in [-0.2, 0) is 16.4 Å². The van der Waals surface area contributed by atoms with Crippen LogP contribution in [0.5, 0.6) is 0 Å². The molecule has 0 unspecified atom stereocenters. The van der Waals surface area contributed by atoms with E-state index in [2.05, 4.69) is 33.8 Å². The topological polar surface area (TPSA) is 81.0 Å². The monoisotopic (exact) mass is 349 g/mol. The highest BCUT2D eigenvalue weighted by atomic mass is 32.2. The van der Waals surface area contributed by atoms with Crippen molar-refractivity contribution in [3.8, 4) is 5.82 Å². The number of nitrogens with zero attached hydrogens (tertiary/aromatic N) is 5. The summed E-state index contributed by atoms with van der Waals surface area (Å²) in [6.45, 7) is 4.64. The van der Waals surface area contributed by atoms with Crippen LogP contribution in [-0.4, -0.2) is 57.7 Å². The molecule has 1 saturated heterocycles. The summed E-state index contributed by atoms with van der Waals surface area (Å²) >= 11 is 0. The molecule has 1 fully saturated rings. The van der Waals surface area contributed by atoms with E-state index in [0.717, 1.165) is 17.5 Å². The van der Waals surface area contributed by atoms with Crippen LogP contribution in [0.15, 0.2) is 24.4 Å². The number of hydrogen-bond donors (Lipinski definition) is 0. The Hall–Kier alpha value is -1.80. The third-order valence-electron chi connectivity index (χ3n) is 4.30. The average molecular weight is 349 g/mol. The van der Waals surface area contributed by atoms with Crippen molar-refractivity contribution in [3.63, 3.8) is 0 Å². The summed E-state index contributed by atoms with van der Waals surface area (Å²) in [5.74, 6) is 2.97. The van der Waals surface area contributed by atoms with Crippen LogP contribution in [0, 0.1) is 0 Å². The van der Waals surface area contributed by atoms with E-state index in [1.54, 1.807) is 10.9 Å². The molecule has 0 aromatic carbocycles. The van der Waals surface area contributed by atoms with Crippen LogP contribution in [0.3, 0.4) is 0 Å². The zero-order chi connectivity index (χ0) is 17.3. The van der Waals surface area contributed by atoms with Crippen LogP contribution >= 0.6 is 0 Å². The summed E-state index contributed by atoms with van der Waals surface area (Å²) in [6, 6.07) is 5.70. The number of sulfone groups is 1. The van der Waals surface area contributed by atoms with E-state index in [1.807, 2.05) is 25.2 Å². The predicted molar refractivity (Wildman–Crippen MR) is 91.8 cm³/mol. The van der Waals surface area contributed by atoms with Crippen LogP contribution in [0.25, 0.3) is 5.82 Å². The summed E-state index contributed by atoms with van der Waals surface area (Å²) in [5, 5.41) is 4.59. The first-order valence-corrected chi connectivity index (χ1v) is 9.96. The molecule has 0 spiro atoms. The molecule has 1 aliphatic rings. The van der Waals surface area contributed by atoms with Gasteiger partial charge in [0.1, 0.15) is 5.82 Å². The Morgan fingerprint density at radius 1 is 1.38 bits per heavy atom. The second kappa shape index (κ2) is 6.60. The standard InChI is InChI=1S/C16H23N5O2S/c1-12(2)16-18-15(21(19-16)14-6-4-5-8-17-14)10-20(3)13-7-9-24(22,23)11-13/h4-6,8,12-13H,7,9-11H2,1-3H3/t13-/m1/s1. The van der Waals surface area contributed by atoms with Crippen molar-refractivity contribution >= 4 is 9.84 Å². The highest BCUT2D eigenvalue weighted by Gasteiger charge is 2.31. The molecule has 3 rings (SSSR count). The Morgan fingerprint density at radius 3 is 2.75 bits per heavy atom. The van der Waals surface area contributed by atoms with Gasteiger partial charge in [-0.15, -0.1) is 5.10 Å². The van der Waals surface area contributed by atoms with Crippen molar-refractivity contribution in [1.29, 1.82) is 0 Å². The van der Waals surface area contributed by atoms with E-state index >= 15 is 0 Å². The van der Waals surface area contributed by atoms with E-state index in [9.17, 15) is 8.42 Å². The molecule has 0 amide bonds. The van der Waals surface area contributed by atoms with Gasteiger partial charge in [0, 0.05) is 18.2 Å². The molecular formula is C16H23N5O2S. The van der Waals surface area contributed by atoms with Crippen LogP contribution in [0.4, 0.5) is 0 Å². The van der Waals surface area contributed by atoms with E-state index in [-0.39, 0.29) is 23.5 Å². The Balaban J connectivity index is 1.87. The molecule has 0 N–H and O–H groups in total. The lowest BCUT2D eigenvalue weighted by molar-refractivity contribution is 0.246. The fourth-order valence-electron chi connectivity index (χ4n) is 2.85. The van der Waals surface area contributed by atoms with E-state index in [0.29, 0.717) is 13.0 Å². The maximum absolute atomic E-state index is 11.7. The van der Waals surface area contributed by atoms with Gasteiger partial charge in [0.25, 0.3) is 0 Å². The number of aromatic nitrogens is 4. The van der Waals surface area contributed by atoms with Crippen LogP contribution in [0.1, 0.15) is 37.8 Å². The van der Waals surface area contributed by atoms with Crippen molar-refractivity contribution in [2.45, 2.75) is 38.8 Å². The van der Waals surface area contributed by atoms with E-state index < -0.39 is 9.84 Å². The van der Waals surface area contributed by atoms with Crippen LogP contribution in [0.2, 0.25) is 0 Å². The highest BCUT2D eigenvalue weighted by molar-refractivity contribution is 7.91. The molecule has 0 aliphatic carbocycles. The smallest absolute Gasteiger partial charge is 0.155 e. The van der Waals surface area contributed by atoms with Gasteiger partial charge >= 0.3 is 0 Å². The second-order valence-electron chi connectivity index (χ2n) is 6.61. The number of pyridine rings is 1. The zero-order valence-corrected chi connectivity index (χ0v) is 15.1. The molecule has 2 aromatic heterocycles. The van der Waals surface area contributed by atoms with E-state index in [1.165, 1.54) is 0 Å². The normalized spacial score (nSPS) is 20.1. The quantitative estimate of drug-likeness (QED) is 0.812. The molecule has 3 heterocycles. The van der Waals surface area contributed by atoms with Gasteiger partial charge in [0.05, 0.1) is 18.1 Å². The van der Waals surface area contributed by atoms with Crippen LogP contribution < -0.4 is 0 Å². The van der Waals surface area contributed by atoms with Gasteiger partial charge in [-0.2, -0.15) is 4.68 Å². The molecule has 1 atom stereocenters. The number of rotatable bonds is 5. The molecule has 130 valence electrons. The van der Waals surface area contributed by atoms with Crippen molar-refractivity contribution < 1.29 is 8.42 Å². The van der Waals surface area contributed by atoms with Gasteiger partial charge in [-0.1, -0.05) is 19.9 Å². The van der Waals surface area contributed by atoms with Crippen molar-refractivity contribution in [2.75, 3.05) is 18.6 Å². The van der Waals surface area contributed by atoms with Crippen molar-refractivity contribution in [2.24, 2.45) is 0 Å². The third kappa shape index (κ3) is 3.64. The predicted octanol–water partition coefficient (Wildman–Crippen LogP) is 1.40. The van der Waals surface area contributed by atoms with Gasteiger partial charge in [-0.05, 0) is 25.6 Å². The number of hydrogen-bond acceptors (Lipinski definition) is 6. The largest absolute Gasteiger partial charge is 0.295 e. The van der Waals surface area contributed by atoms with E-state index in [4.69, 9.17) is 0 Å². The molecule has 8 heteroatoms. The summed E-state index contributed by atoms with van der Waals surface area (Å²) in [4.78, 5) is 11.1. The maximum atomic E-state index is 11.7. The Kier molecular flexibility index (Phi) is 4.69. The minimum Gasteiger partial charge on any atom is -0.295 e. The Morgan fingerprint density at radius 2 is 2.17 bits per heavy atom. The molecule has 0 radical (unpaired) electrons. The summed E-state index contributed by atoms with van der Waals surface area (Å²) in [6.07, 6.45) is 2.40. The molecule has 7 nitrogen and oxygen atoms in total. The summed E-state index contributed by atoms with van der Waals surface area (Å²) in [7, 11) is -0.958. The highest BCUT2D eigenvalue weighted by Crippen LogP contribution is 2.20. The van der Waals surface area contributed by atoms with Gasteiger partial charge in [0.2, 0.25) is 0 Å². The van der Waals surface area contributed by atoms with Crippen molar-refractivity contribution in [3.05, 3.63) is 36.0 Å². The molecule has 0 bridgehead atoms. The Labute approximate surface area is 142 Å². The maximum Gasteiger partial charge on any atom is 0.155 e. The molecule has 2 aromatic rings. The lowest BCUT2D eigenvalue weighted by Crippen LogP contribution is -2.33. The first-order chi connectivity index (χ1) is 11.4. The third-order valence-corrected chi connectivity index (χ3v) is 6.05. The average Bonchev–Trinajstić information content (AvgIpc) is 3.11. The van der Waals surface area contributed by atoms with Gasteiger partial charge < -0.3 is 0 Å². The molecule has 0 saturated carbocycles. The van der Waals surface area contributed by atoms with Crippen molar-refractivity contribution in [1.82, 2.24) is 24.6 Å². The summed E-state index contributed by atoms with van der Waals surface area (Å²) < 4.78 is 25.2. The fraction of sp³-hybridized carbons (Fsp3) is 0.562. The Bertz CT molecular complexity index is 801. The molecular weight excluding hydrogens is 326 g/mol. The van der Waals surface area contributed by atoms with Gasteiger partial charge in [-0.3, -0.25) is 4.90 Å². The fourth-order valence-corrected chi connectivity index (χ4v) is 4.65. The SMILES string of the molecule is CC(C)c1nc(CN(C)[C@@H]2CCS(=O)(=O)C2)n(-c2ccccn2)n1. The minimum absolute atomic E-state index is 0.0337. The summed E-state index contributed by atoms with van der Waals surface area (Å²) in [5.41, 5.74) is 0. The molecule has 1 aliphatic heterocycles. The lowest BCUT2D eigenvalue weighted by atomic mass is 10.2. The van der Waals surface area contributed by atoms with Gasteiger partial charge in [-0.25, -0.2) is 18.4 Å². The lowest BCUT2D eigenvalue weighted by Gasteiger charge is -2.22. The second-order valence-corrected chi connectivity index (χ2v) is 8.84. The van der Waals surface area contributed by atoms with Gasteiger partial charge in [0.15, 0.2) is 21.5 Å². The molecule has 24 heavy (non-hydrogen) atoms. The minimum atomic E-state index is -2.90. The first-order valence-electron chi connectivity index (χ1n) is 8.13.